The summed E-state index contributed by atoms with van der Waals surface area (Å²) in [6, 6.07) is 3.14. The Morgan fingerprint density at radius 2 is 2.04 bits per heavy atom. The molecule has 6 heteroatoms. The fourth-order valence-electron chi connectivity index (χ4n) is 4.12. The van der Waals surface area contributed by atoms with Gasteiger partial charge in [0.05, 0.1) is 5.69 Å². The fraction of sp³-hybridized carbons (Fsp3) is 0.550. The number of halogens is 1. The first-order chi connectivity index (χ1) is 12.4. The van der Waals surface area contributed by atoms with Gasteiger partial charge in [0, 0.05) is 46.5 Å². The normalized spacial score (nSPS) is 22.5. The number of piperidine rings is 1. The summed E-state index contributed by atoms with van der Waals surface area (Å²) in [6.45, 7) is 2.95. The van der Waals surface area contributed by atoms with Crippen molar-refractivity contribution >= 4 is 27.1 Å². The van der Waals surface area contributed by atoms with Crippen LogP contribution in [0.2, 0.25) is 0 Å². The van der Waals surface area contributed by atoms with Gasteiger partial charge in [0.1, 0.15) is 5.82 Å². The van der Waals surface area contributed by atoms with Gasteiger partial charge in [-0.1, -0.05) is 13.3 Å². The number of fused-ring (bicyclic) bond motifs is 2. The number of hydrogen-bond acceptors (Lipinski definition) is 5. The van der Waals surface area contributed by atoms with E-state index in [0.29, 0.717) is 30.1 Å². The molecule has 2 heterocycles. The van der Waals surface area contributed by atoms with Gasteiger partial charge in [0.2, 0.25) is 0 Å². The van der Waals surface area contributed by atoms with Crippen LogP contribution in [0.5, 0.6) is 0 Å². The van der Waals surface area contributed by atoms with Crippen molar-refractivity contribution in [2.75, 3.05) is 18.0 Å². The Balaban J connectivity index is 1.76. The predicted octanol–water partition coefficient (Wildman–Crippen LogP) is 3.20. The molecule has 1 unspecified atom stereocenters. The third-order valence-electron chi connectivity index (χ3n) is 5.90. The first-order valence-corrected chi connectivity index (χ1v) is 10.2. The molecule has 1 aromatic heterocycles. The quantitative estimate of drug-likeness (QED) is 0.789. The van der Waals surface area contributed by atoms with Crippen molar-refractivity contribution in [3.05, 3.63) is 38.6 Å². The van der Waals surface area contributed by atoms with Gasteiger partial charge in [0.25, 0.3) is 0 Å². The zero-order chi connectivity index (χ0) is 18.5. The van der Waals surface area contributed by atoms with E-state index >= 15 is 0 Å². The summed E-state index contributed by atoms with van der Waals surface area (Å²) in [5, 5.41) is 19.9. The molecular weight excluding hydrogens is 353 g/mol. The molecule has 4 nitrogen and oxygen atoms in total. The molecule has 4 rings (SSSR count). The highest BCUT2D eigenvalue weighted by molar-refractivity contribution is 7.18. The largest absolute Gasteiger partial charge is 0.369 e. The fourth-order valence-corrected chi connectivity index (χ4v) is 5.45. The number of benzene rings is 1. The molecule has 26 heavy (non-hydrogen) atoms. The molecule has 1 saturated heterocycles. The summed E-state index contributed by atoms with van der Waals surface area (Å²) in [6.07, 6.45) is 4.26. The summed E-state index contributed by atoms with van der Waals surface area (Å²) >= 11 is 1.62. The number of nitrogens with zero attached hydrogens (tertiary/aromatic N) is 1. The van der Waals surface area contributed by atoms with Gasteiger partial charge >= 0.3 is 0 Å². The molecule has 2 aliphatic rings. The second-order valence-corrected chi connectivity index (χ2v) is 8.76. The van der Waals surface area contributed by atoms with E-state index in [1.165, 1.54) is 6.07 Å². The standard InChI is InChI=1S/C20H24FNO3S/c1-2-12-3-4-13-17(9-12)26-18-11-16(15(21)10-14(18)19(13)23)22-7-5-20(24,25)6-8-22/h10-12,24-25H,2-9H2,1H3. The molecule has 0 amide bonds. The molecule has 1 aromatic carbocycles. The molecular formula is C20H24FNO3S. The van der Waals surface area contributed by atoms with E-state index in [1.807, 2.05) is 4.90 Å². The van der Waals surface area contributed by atoms with Crippen LogP contribution in [0.15, 0.2) is 16.9 Å². The van der Waals surface area contributed by atoms with Crippen molar-refractivity contribution in [2.45, 2.75) is 51.2 Å². The van der Waals surface area contributed by atoms with Crippen LogP contribution in [0.25, 0.3) is 10.1 Å². The number of rotatable bonds is 2. The van der Waals surface area contributed by atoms with E-state index in [-0.39, 0.29) is 18.3 Å². The molecule has 0 spiro atoms. The van der Waals surface area contributed by atoms with Crippen molar-refractivity contribution in [3.8, 4) is 0 Å². The Morgan fingerprint density at radius 3 is 2.73 bits per heavy atom. The lowest BCUT2D eigenvalue weighted by Crippen LogP contribution is -2.44. The molecule has 140 valence electrons. The maximum Gasteiger partial charge on any atom is 0.191 e. The van der Waals surface area contributed by atoms with Crippen LogP contribution in [0, 0.1) is 11.7 Å². The minimum absolute atomic E-state index is 0.0165. The second-order valence-electron chi connectivity index (χ2n) is 7.62. The summed E-state index contributed by atoms with van der Waals surface area (Å²) in [4.78, 5) is 15.8. The highest BCUT2D eigenvalue weighted by Crippen LogP contribution is 2.35. The van der Waals surface area contributed by atoms with E-state index in [9.17, 15) is 19.4 Å². The Morgan fingerprint density at radius 1 is 1.31 bits per heavy atom. The predicted molar refractivity (Wildman–Crippen MR) is 102 cm³/mol. The third kappa shape index (κ3) is 3.15. The van der Waals surface area contributed by atoms with E-state index in [2.05, 4.69) is 6.92 Å². The summed E-state index contributed by atoms with van der Waals surface area (Å²) in [5.74, 6) is -1.45. The molecule has 0 radical (unpaired) electrons. The monoisotopic (exact) mass is 377 g/mol. The van der Waals surface area contributed by atoms with Crippen molar-refractivity contribution < 1.29 is 14.6 Å². The third-order valence-corrected chi connectivity index (χ3v) is 7.11. The molecule has 1 aliphatic heterocycles. The topological polar surface area (TPSA) is 60.8 Å². The van der Waals surface area contributed by atoms with Crippen LogP contribution in [0.1, 0.15) is 43.0 Å². The zero-order valence-corrected chi connectivity index (χ0v) is 15.7. The lowest BCUT2D eigenvalue weighted by Gasteiger charge is -2.36. The van der Waals surface area contributed by atoms with Crippen LogP contribution in [0.4, 0.5) is 10.1 Å². The maximum absolute atomic E-state index is 14.7. The van der Waals surface area contributed by atoms with E-state index < -0.39 is 11.6 Å². The minimum atomic E-state index is -1.66. The van der Waals surface area contributed by atoms with Gasteiger partial charge < -0.3 is 15.1 Å². The lowest BCUT2D eigenvalue weighted by atomic mass is 9.87. The Labute approximate surface area is 155 Å². The van der Waals surface area contributed by atoms with Gasteiger partial charge in [-0.05, 0) is 37.3 Å². The first-order valence-electron chi connectivity index (χ1n) is 9.36. The first kappa shape index (κ1) is 17.9. The number of anilines is 1. The van der Waals surface area contributed by atoms with E-state index in [1.54, 1.807) is 17.4 Å². The van der Waals surface area contributed by atoms with Crippen LogP contribution >= 0.6 is 11.3 Å². The van der Waals surface area contributed by atoms with Crippen LogP contribution in [-0.4, -0.2) is 29.1 Å². The molecule has 2 N–H and O–H groups in total. The maximum atomic E-state index is 14.7. The summed E-state index contributed by atoms with van der Waals surface area (Å²) in [7, 11) is 0. The molecule has 1 atom stereocenters. The Kier molecular flexibility index (Phi) is 4.53. The van der Waals surface area contributed by atoms with Gasteiger partial charge in [-0.3, -0.25) is 4.79 Å². The average Bonchev–Trinajstić information content (AvgIpc) is 2.62. The van der Waals surface area contributed by atoms with E-state index in [0.717, 1.165) is 40.8 Å². The van der Waals surface area contributed by atoms with Crippen LogP contribution < -0.4 is 10.3 Å². The summed E-state index contributed by atoms with van der Waals surface area (Å²) in [5.41, 5.74) is 1.31. The lowest BCUT2D eigenvalue weighted by molar-refractivity contribution is -0.172. The second kappa shape index (κ2) is 6.59. The Bertz CT molecular complexity index is 898. The average molecular weight is 377 g/mol. The molecule has 2 aromatic rings. The minimum Gasteiger partial charge on any atom is -0.369 e. The molecule has 0 saturated carbocycles. The van der Waals surface area contributed by atoms with Gasteiger partial charge in [-0.15, -0.1) is 11.3 Å². The van der Waals surface area contributed by atoms with Crippen molar-refractivity contribution in [3.63, 3.8) is 0 Å². The van der Waals surface area contributed by atoms with Crippen molar-refractivity contribution in [2.24, 2.45) is 5.92 Å². The molecule has 1 fully saturated rings. The van der Waals surface area contributed by atoms with Crippen molar-refractivity contribution in [1.29, 1.82) is 0 Å². The smallest absolute Gasteiger partial charge is 0.191 e. The molecule has 0 bridgehead atoms. The van der Waals surface area contributed by atoms with Crippen LogP contribution in [-0.2, 0) is 12.8 Å². The highest BCUT2D eigenvalue weighted by atomic mass is 32.1. The van der Waals surface area contributed by atoms with Gasteiger partial charge in [-0.25, -0.2) is 4.39 Å². The number of aliphatic hydroxyl groups is 2. The highest BCUT2D eigenvalue weighted by Gasteiger charge is 2.31. The molecule has 1 aliphatic carbocycles. The summed E-state index contributed by atoms with van der Waals surface area (Å²) < 4.78 is 15.6. The van der Waals surface area contributed by atoms with Crippen molar-refractivity contribution in [1.82, 2.24) is 0 Å². The SMILES string of the molecule is CCC1CCc2c(sc3cc(N4CCC(O)(O)CC4)c(F)cc3c2=O)C1. The van der Waals surface area contributed by atoms with Gasteiger partial charge in [0.15, 0.2) is 11.2 Å². The van der Waals surface area contributed by atoms with Crippen LogP contribution in [0.3, 0.4) is 0 Å². The van der Waals surface area contributed by atoms with E-state index in [4.69, 9.17) is 0 Å². The zero-order valence-electron chi connectivity index (χ0n) is 14.9. The van der Waals surface area contributed by atoms with Gasteiger partial charge in [-0.2, -0.15) is 0 Å². The Hall–Kier alpha value is -1.50. The number of hydrogen-bond donors (Lipinski definition) is 2.